The second-order valence-electron chi connectivity index (χ2n) is 9.44. The lowest BCUT2D eigenvalue weighted by molar-refractivity contribution is -0.139. The Labute approximate surface area is 228 Å². The predicted molar refractivity (Wildman–Crippen MR) is 151 cm³/mol. The molecule has 3 aromatic rings. The van der Waals surface area contributed by atoms with Crippen LogP contribution in [-0.2, 0) is 16.1 Å². The smallest absolute Gasteiger partial charge is 0.247 e. The van der Waals surface area contributed by atoms with E-state index in [1.54, 1.807) is 24.1 Å². The highest BCUT2D eigenvalue weighted by Crippen LogP contribution is 2.29. The van der Waals surface area contributed by atoms with Gasteiger partial charge in [-0.1, -0.05) is 54.2 Å². The molecule has 2 atom stereocenters. The van der Waals surface area contributed by atoms with Crippen molar-refractivity contribution in [1.29, 1.82) is 0 Å². The number of nitrogens with one attached hydrogen (secondary N) is 1. The SMILES string of the molecule is COc1ccc(NC(=O)[C@@H]([C@H]2CC=CCC2)N(Cc2ccccc2)C(=O)CSc2nc(C)cc(C)n2)cc1. The van der Waals surface area contributed by atoms with Crippen molar-refractivity contribution in [3.8, 4) is 5.75 Å². The van der Waals surface area contributed by atoms with E-state index < -0.39 is 6.04 Å². The van der Waals surface area contributed by atoms with E-state index in [4.69, 9.17) is 4.74 Å². The van der Waals surface area contributed by atoms with E-state index in [2.05, 4.69) is 27.4 Å². The van der Waals surface area contributed by atoms with Crippen LogP contribution in [0.25, 0.3) is 0 Å². The predicted octanol–water partition coefficient (Wildman–Crippen LogP) is 5.59. The molecule has 0 radical (unpaired) electrons. The minimum atomic E-state index is -0.629. The molecule has 1 N–H and O–H groups in total. The number of anilines is 1. The summed E-state index contributed by atoms with van der Waals surface area (Å²) in [4.78, 5) is 38.4. The molecule has 0 bridgehead atoms. The molecule has 1 aliphatic carbocycles. The van der Waals surface area contributed by atoms with Gasteiger partial charge in [0.15, 0.2) is 5.16 Å². The van der Waals surface area contributed by atoms with Crippen molar-refractivity contribution in [2.24, 2.45) is 5.92 Å². The number of aryl methyl sites for hydroxylation is 2. The quantitative estimate of drug-likeness (QED) is 0.209. The number of amides is 2. The van der Waals surface area contributed by atoms with E-state index in [0.29, 0.717) is 23.1 Å². The first-order chi connectivity index (χ1) is 18.4. The lowest BCUT2D eigenvalue weighted by atomic mass is 9.86. The summed E-state index contributed by atoms with van der Waals surface area (Å²) in [6.45, 7) is 4.17. The molecule has 1 heterocycles. The molecular weight excluding hydrogens is 496 g/mol. The Morgan fingerprint density at radius 1 is 1.05 bits per heavy atom. The molecule has 38 heavy (non-hydrogen) atoms. The van der Waals surface area contributed by atoms with Crippen LogP contribution in [0.4, 0.5) is 5.69 Å². The Hall–Kier alpha value is -3.65. The zero-order valence-corrected chi connectivity index (χ0v) is 22.9. The number of methoxy groups -OCH3 is 1. The fourth-order valence-electron chi connectivity index (χ4n) is 4.69. The number of rotatable bonds is 10. The van der Waals surface area contributed by atoms with Crippen LogP contribution in [0.1, 0.15) is 36.2 Å². The van der Waals surface area contributed by atoms with Gasteiger partial charge in [-0.15, -0.1) is 0 Å². The maximum atomic E-state index is 13.9. The Morgan fingerprint density at radius 2 is 1.76 bits per heavy atom. The van der Waals surface area contributed by atoms with Gasteiger partial charge >= 0.3 is 0 Å². The summed E-state index contributed by atoms with van der Waals surface area (Å²) >= 11 is 1.31. The van der Waals surface area contributed by atoms with Crippen molar-refractivity contribution in [2.45, 2.75) is 50.9 Å². The first kappa shape index (κ1) is 27.4. The van der Waals surface area contributed by atoms with E-state index in [0.717, 1.165) is 36.2 Å². The highest BCUT2D eigenvalue weighted by Gasteiger charge is 2.36. The van der Waals surface area contributed by atoms with Crippen LogP contribution in [0.3, 0.4) is 0 Å². The molecule has 0 saturated carbocycles. The van der Waals surface area contributed by atoms with Crippen molar-refractivity contribution >= 4 is 29.3 Å². The molecule has 0 saturated heterocycles. The average Bonchev–Trinajstić information content (AvgIpc) is 2.92. The Kier molecular flexibility index (Phi) is 9.54. The van der Waals surface area contributed by atoms with Crippen LogP contribution in [-0.4, -0.2) is 45.6 Å². The molecule has 4 rings (SSSR count). The summed E-state index contributed by atoms with van der Waals surface area (Å²) in [6.07, 6.45) is 6.72. The fourth-order valence-corrected chi connectivity index (χ4v) is 5.53. The molecule has 7 nitrogen and oxygen atoms in total. The van der Waals surface area contributed by atoms with Gasteiger partial charge in [-0.2, -0.15) is 0 Å². The number of hydrogen-bond donors (Lipinski definition) is 1. The molecule has 198 valence electrons. The minimum absolute atomic E-state index is 0.00775. The molecule has 2 amide bonds. The fraction of sp³-hybridized carbons (Fsp3) is 0.333. The van der Waals surface area contributed by atoms with Crippen LogP contribution in [0, 0.1) is 19.8 Å². The van der Waals surface area contributed by atoms with Gasteiger partial charge in [-0.3, -0.25) is 9.59 Å². The summed E-state index contributed by atoms with van der Waals surface area (Å²) < 4.78 is 5.25. The zero-order valence-electron chi connectivity index (χ0n) is 22.1. The van der Waals surface area contributed by atoms with E-state index in [1.807, 2.05) is 62.4 Å². The normalized spacial score (nSPS) is 15.5. The summed E-state index contributed by atoms with van der Waals surface area (Å²) in [6, 6.07) is 18.3. The third kappa shape index (κ3) is 7.44. The van der Waals surface area contributed by atoms with Crippen molar-refractivity contribution in [2.75, 3.05) is 18.2 Å². The maximum Gasteiger partial charge on any atom is 0.247 e. The van der Waals surface area contributed by atoms with Crippen LogP contribution in [0.2, 0.25) is 0 Å². The lowest BCUT2D eigenvalue weighted by Gasteiger charge is -2.37. The Balaban J connectivity index is 1.62. The van der Waals surface area contributed by atoms with Gasteiger partial charge in [0.1, 0.15) is 11.8 Å². The van der Waals surface area contributed by atoms with E-state index in [9.17, 15) is 9.59 Å². The number of aromatic nitrogens is 2. The zero-order chi connectivity index (χ0) is 26.9. The molecule has 0 spiro atoms. The van der Waals surface area contributed by atoms with Crippen LogP contribution in [0.15, 0.2) is 78.0 Å². The minimum Gasteiger partial charge on any atom is -0.497 e. The maximum absolute atomic E-state index is 13.9. The van der Waals surface area contributed by atoms with Crippen molar-refractivity contribution in [3.05, 3.63) is 89.8 Å². The summed E-state index contributed by atoms with van der Waals surface area (Å²) in [5.41, 5.74) is 3.36. The first-order valence-electron chi connectivity index (χ1n) is 12.8. The van der Waals surface area contributed by atoms with Gasteiger partial charge in [0, 0.05) is 23.6 Å². The molecule has 0 unspecified atom stereocenters. The standard InChI is InChI=1S/C30H34N4O3S/c1-21-18-22(2)32-30(31-21)38-20-27(35)34(19-23-10-6-4-7-11-23)28(24-12-8-5-9-13-24)29(36)33-25-14-16-26(37-3)17-15-25/h4-8,10-11,14-18,24,28H,9,12-13,19-20H2,1-3H3,(H,33,36)/t24-,28+/m0/s1. The van der Waals surface area contributed by atoms with Gasteiger partial charge < -0.3 is 15.0 Å². The molecule has 0 fully saturated rings. The topological polar surface area (TPSA) is 84.4 Å². The number of ether oxygens (including phenoxy) is 1. The van der Waals surface area contributed by atoms with Crippen molar-refractivity contribution < 1.29 is 14.3 Å². The summed E-state index contributed by atoms with van der Waals surface area (Å²) in [7, 11) is 1.61. The number of nitrogens with zero attached hydrogens (tertiary/aromatic N) is 3. The largest absolute Gasteiger partial charge is 0.497 e. The van der Waals surface area contributed by atoms with Crippen LogP contribution in [0.5, 0.6) is 5.75 Å². The number of thioether (sulfide) groups is 1. The number of carbonyl (C=O) groups is 2. The summed E-state index contributed by atoms with van der Waals surface area (Å²) in [5, 5.41) is 3.62. The highest BCUT2D eigenvalue weighted by molar-refractivity contribution is 7.99. The molecule has 1 aliphatic rings. The monoisotopic (exact) mass is 530 g/mol. The second-order valence-corrected chi connectivity index (χ2v) is 10.4. The van der Waals surface area contributed by atoms with Gasteiger partial charge in [-0.05, 0) is 74.9 Å². The van der Waals surface area contributed by atoms with Gasteiger partial charge in [0.25, 0.3) is 0 Å². The number of benzene rings is 2. The average molecular weight is 531 g/mol. The van der Waals surface area contributed by atoms with Crippen LogP contribution >= 0.6 is 11.8 Å². The van der Waals surface area contributed by atoms with E-state index in [1.165, 1.54) is 11.8 Å². The van der Waals surface area contributed by atoms with Crippen LogP contribution < -0.4 is 10.1 Å². The molecule has 2 aromatic carbocycles. The van der Waals surface area contributed by atoms with Gasteiger partial charge in [0.2, 0.25) is 11.8 Å². The molecule has 0 aliphatic heterocycles. The number of allylic oxidation sites excluding steroid dienone is 2. The van der Waals surface area contributed by atoms with E-state index >= 15 is 0 Å². The highest BCUT2D eigenvalue weighted by atomic mass is 32.2. The Morgan fingerprint density at radius 3 is 2.39 bits per heavy atom. The van der Waals surface area contributed by atoms with Gasteiger partial charge in [0.05, 0.1) is 12.9 Å². The van der Waals surface area contributed by atoms with E-state index in [-0.39, 0.29) is 23.5 Å². The van der Waals surface area contributed by atoms with Crippen molar-refractivity contribution in [1.82, 2.24) is 14.9 Å². The van der Waals surface area contributed by atoms with Crippen molar-refractivity contribution in [3.63, 3.8) is 0 Å². The molecule has 1 aromatic heterocycles. The number of carbonyl (C=O) groups excluding carboxylic acids is 2. The molecular formula is C30H34N4O3S. The first-order valence-corrected chi connectivity index (χ1v) is 13.8. The lowest BCUT2D eigenvalue weighted by Crippen LogP contribution is -2.51. The third-order valence-electron chi connectivity index (χ3n) is 6.52. The van der Waals surface area contributed by atoms with Gasteiger partial charge in [-0.25, -0.2) is 9.97 Å². The summed E-state index contributed by atoms with van der Waals surface area (Å²) in [5.74, 6) is 0.556. The second kappa shape index (κ2) is 13.2. The number of hydrogen-bond acceptors (Lipinski definition) is 6. The Bertz CT molecular complexity index is 1240. The third-order valence-corrected chi connectivity index (χ3v) is 7.35. The molecule has 8 heteroatoms.